The highest BCUT2D eigenvalue weighted by atomic mass is 32.2. The van der Waals surface area contributed by atoms with E-state index in [1.165, 1.54) is 7.05 Å². The summed E-state index contributed by atoms with van der Waals surface area (Å²) in [5, 5.41) is 9.02. The molecular weight excluding hydrogens is 284 g/mol. The zero-order chi connectivity index (χ0) is 14.8. The number of likely N-dealkylation sites (N-methyl/N-ethyl adjacent to an activating group) is 1. The number of nitrogens with zero attached hydrogens (tertiary/aromatic N) is 2. The first-order valence-corrected chi connectivity index (χ1v) is 7.43. The second kappa shape index (κ2) is 5.78. The van der Waals surface area contributed by atoms with Crippen molar-refractivity contribution in [3.05, 3.63) is 35.9 Å². The molecule has 0 saturated carbocycles. The number of benzene rings is 1. The Labute approximate surface area is 117 Å². The van der Waals surface area contributed by atoms with Gasteiger partial charge in [0.2, 0.25) is 0 Å². The van der Waals surface area contributed by atoms with E-state index in [9.17, 15) is 13.2 Å². The standard InChI is InChI=1S/C12H16N2O5S/c1-13-7-11(14(12(15)16)20(13,17)18)9-19-8-10-5-3-2-4-6-10/h2-6,11H,7-9H2,1H3,(H,15,16)/t11-/m0/s1. The van der Waals surface area contributed by atoms with Crippen molar-refractivity contribution >= 4 is 16.3 Å². The third-order valence-electron chi connectivity index (χ3n) is 3.05. The topological polar surface area (TPSA) is 87.2 Å². The predicted octanol–water partition coefficient (Wildman–Crippen LogP) is 0.742. The van der Waals surface area contributed by atoms with Crippen molar-refractivity contribution in [1.82, 2.24) is 8.61 Å². The Kier molecular flexibility index (Phi) is 4.26. The summed E-state index contributed by atoms with van der Waals surface area (Å²) in [6, 6.07) is 8.67. The fraction of sp³-hybridized carbons (Fsp3) is 0.417. The molecule has 1 saturated heterocycles. The zero-order valence-corrected chi connectivity index (χ0v) is 11.8. The van der Waals surface area contributed by atoms with E-state index in [0.29, 0.717) is 10.9 Å². The number of hydrogen-bond donors (Lipinski definition) is 1. The van der Waals surface area contributed by atoms with E-state index >= 15 is 0 Å². The molecule has 1 aromatic carbocycles. The van der Waals surface area contributed by atoms with Crippen LogP contribution < -0.4 is 0 Å². The van der Waals surface area contributed by atoms with E-state index in [1.54, 1.807) is 0 Å². The van der Waals surface area contributed by atoms with Gasteiger partial charge in [-0.2, -0.15) is 17.0 Å². The molecule has 2 rings (SSSR count). The van der Waals surface area contributed by atoms with Gasteiger partial charge < -0.3 is 9.84 Å². The fourth-order valence-electron chi connectivity index (χ4n) is 2.07. The predicted molar refractivity (Wildman–Crippen MR) is 71.3 cm³/mol. The highest BCUT2D eigenvalue weighted by molar-refractivity contribution is 7.87. The van der Waals surface area contributed by atoms with Gasteiger partial charge in [0.05, 0.1) is 19.3 Å². The molecule has 0 aromatic heterocycles. The van der Waals surface area contributed by atoms with Gasteiger partial charge in [-0.3, -0.25) is 0 Å². The molecule has 1 heterocycles. The van der Waals surface area contributed by atoms with Gasteiger partial charge in [0.25, 0.3) is 0 Å². The highest BCUT2D eigenvalue weighted by Gasteiger charge is 2.45. The highest BCUT2D eigenvalue weighted by Crippen LogP contribution is 2.21. The normalized spacial score (nSPS) is 22.1. The van der Waals surface area contributed by atoms with Crippen molar-refractivity contribution in [3.63, 3.8) is 0 Å². The molecule has 1 N–H and O–H groups in total. The zero-order valence-electron chi connectivity index (χ0n) is 11.0. The minimum atomic E-state index is -3.92. The lowest BCUT2D eigenvalue weighted by atomic mass is 10.2. The second-order valence-electron chi connectivity index (χ2n) is 4.52. The Morgan fingerprint density at radius 1 is 1.40 bits per heavy atom. The Hall–Kier alpha value is -1.64. The molecule has 1 aliphatic rings. The molecule has 1 amide bonds. The lowest BCUT2D eigenvalue weighted by Gasteiger charge is -2.18. The second-order valence-corrected chi connectivity index (χ2v) is 6.43. The Morgan fingerprint density at radius 2 is 2.05 bits per heavy atom. The van der Waals surface area contributed by atoms with Crippen LogP contribution in [-0.4, -0.2) is 54.5 Å². The SMILES string of the molecule is CN1C[C@@H](COCc2ccccc2)N(C(=O)O)S1(=O)=O. The summed E-state index contributed by atoms with van der Waals surface area (Å²) in [4.78, 5) is 11.1. The van der Waals surface area contributed by atoms with E-state index in [2.05, 4.69) is 0 Å². The maximum absolute atomic E-state index is 11.8. The molecule has 20 heavy (non-hydrogen) atoms. The first-order valence-electron chi connectivity index (χ1n) is 6.03. The van der Waals surface area contributed by atoms with Gasteiger partial charge in [0, 0.05) is 13.6 Å². The maximum atomic E-state index is 11.8. The van der Waals surface area contributed by atoms with Crippen molar-refractivity contribution < 1.29 is 23.1 Å². The fourth-order valence-corrected chi connectivity index (χ4v) is 3.43. The minimum Gasteiger partial charge on any atom is -0.464 e. The molecule has 7 nitrogen and oxygen atoms in total. The molecule has 1 aliphatic heterocycles. The molecule has 0 unspecified atom stereocenters. The maximum Gasteiger partial charge on any atom is 0.422 e. The largest absolute Gasteiger partial charge is 0.464 e. The number of rotatable bonds is 4. The third kappa shape index (κ3) is 2.92. The van der Waals surface area contributed by atoms with Gasteiger partial charge in [-0.15, -0.1) is 0 Å². The monoisotopic (exact) mass is 300 g/mol. The molecule has 0 radical (unpaired) electrons. The number of carboxylic acid groups (broad SMARTS) is 1. The lowest BCUT2D eigenvalue weighted by molar-refractivity contribution is 0.0790. The van der Waals surface area contributed by atoms with Crippen LogP contribution in [0.3, 0.4) is 0 Å². The summed E-state index contributed by atoms with van der Waals surface area (Å²) in [5.41, 5.74) is 0.948. The number of ether oxygens (including phenoxy) is 1. The van der Waals surface area contributed by atoms with Gasteiger partial charge in [-0.05, 0) is 5.56 Å². The lowest BCUT2D eigenvalue weighted by Crippen LogP contribution is -2.41. The molecule has 110 valence electrons. The number of carbonyl (C=O) groups is 1. The molecule has 1 aromatic rings. The van der Waals surface area contributed by atoms with Crippen LogP contribution in [0.4, 0.5) is 4.79 Å². The van der Waals surface area contributed by atoms with Crippen LogP contribution in [0.1, 0.15) is 5.56 Å². The van der Waals surface area contributed by atoms with Crippen molar-refractivity contribution in [2.75, 3.05) is 20.2 Å². The summed E-state index contributed by atoms with van der Waals surface area (Å²) in [6.45, 7) is 0.447. The van der Waals surface area contributed by atoms with Crippen molar-refractivity contribution in [1.29, 1.82) is 0 Å². The molecular formula is C12H16N2O5S. The van der Waals surface area contributed by atoms with Gasteiger partial charge in [-0.25, -0.2) is 4.79 Å². The molecule has 1 fully saturated rings. The van der Waals surface area contributed by atoms with E-state index < -0.39 is 22.3 Å². The summed E-state index contributed by atoms with van der Waals surface area (Å²) < 4.78 is 30.5. The average Bonchev–Trinajstić information content (AvgIpc) is 2.61. The smallest absolute Gasteiger partial charge is 0.422 e. The van der Waals surface area contributed by atoms with Crippen LogP contribution in [0.25, 0.3) is 0 Å². The molecule has 1 atom stereocenters. The van der Waals surface area contributed by atoms with Crippen molar-refractivity contribution in [2.45, 2.75) is 12.6 Å². The van der Waals surface area contributed by atoms with E-state index in [4.69, 9.17) is 9.84 Å². The first-order chi connectivity index (χ1) is 9.43. The van der Waals surface area contributed by atoms with Crippen LogP contribution in [0, 0.1) is 0 Å². The summed E-state index contributed by atoms with van der Waals surface area (Å²) in [5.74, 6) is 0. The van der Waals surface area contributed by atoms with Crippen LogP contribution in [0.15, 0.2) is 30.3 Å². The quantitative estimate of drug-likeness (QED) is 0.886. The number of hydrogen-bond acceptors (Lipinski definition) is 4. The van der Waals surface area contributed by atoms with E-state index in [0.717, 1.165) is 9.87 Å². The Morgan fingerprint density at radius 3 is 2.65 bits per heavy atom. The van der Waals surface area contributed by atoms with E-state index in [1.807, 2.05) is 30.3 Å². The summed E-state index contributed by atoms with van der Waals surface area (Å²) >= 11 is 0. The van der Waals surface area contributed by atoms with Crippen LogP contribution in [-0.2, 0) is 21.6 Å². The van der Waals surface area contributed by atoms with Gasteiger partial charge in [0.15, 0.2) is 0 Å². The van der Waals surface area contributed by atoms with Gasteiger partial charge in [-0.1, -0.05) is 30.3 Å². The van der Waals surface area contributed by atoms with Crippen molar-refractivity contribution in [2.24, 2.45) is 0 Å². The summed E-state index contributed by atoms with van der Waals surface area (Å²) in [7, 11) is -2.57. The number of amides is 1. The third-order valence-corrected chi connectivity index (χ3v) is 4.94. The van der Waals surface area contributed by atoms with Crippen LogP contribution in [0.2, 0.25) is 0 Å². The summed E-state index contributed by atoms with van der Waals surface area (Å²) in [6.07, 6.45) is -1.48. The minimum absolute atomic E-state index is 0.0325. The molecule has 0 aliphatic carbocycles. The van der Waals surface area contributed by atoms with E-state index in [-0.39, 0.29) is 13.2 Å². The molecule has 0 bridgehead atoms. The van der Waals surface area contributed by atoms with Gasteiger partial charge >= 0.3 is 16.3 Å². The molecule has 8 heteroatoms. The Balaban J connectivity index is 1.97. The van der Waals surface area contributed by atoms with Crippen LogP contribution in [0.5, 0.6) is 0 Å². The Bertz CT molecular complexity index is 575. The van der Waals surface area contributed by atoms with Gasteiger partial charge in [0.1, 0.15) is 0 Å². The van der Waals surface area contributed by atoms with Crippen molar-refractivity contribution in [3.8, 4) is 0 Å². The average molecular weight is 300 g/mol. The van der Waals surface area contributed by atoms with Crippen LogP contribution >= 0.6 is 0 Å². The molecule has 0 spiro atoms. The first kappa shape index (κ1) is 14.8.